The van der Waals surface area contributed by atoms with Gasteiger partial charge in [-0.05, 0) is 25.0 Å². The maximum Gasteiger partial charge on any atom is 0.354 e. The molecule has 1 fully saturated rings. The number of nitrogens with one attached hydrogen (secondary N) is 1. The molecule has 2 N–H and O–H groups in total. The summed E-state index contributed by atoms with van der Waals surface area (Å²) in [6.45, 7) is 3.75. The van der Waals surface area contributed by atoms with Crippen molar-refractivity contribution in [3.63, 3.8) is 0 Å². The smallest absolute Gasteiger partial charge is 0.354 e. The molecule has 1 aromatic rings. The summed E-state index contributed by atoms with van der Waals surface area (Å²) in [6.07, 6.45) is 3.90. The summed E-state index contributed by atoms with van der Waals surface area (Å²) in [4.78, 5) is 14.6. The maximum atomic E-state index is 10.8. The van der Waals surface area contributed by atoms with Gasteiger partial charge in [-0.1, -0.05) is 6.92 Å². The molecule has 98 valence electrons. The standard InChI is InChI=1S/C13H18N2O3/c1-2-12-9(4-6-18-12)8-15-10-3-5-14-11(7-10)13(16)17/h3,5,7,9,12H,2,4,6,8H2,1H3,(H,14,15)(H,16,17). The number of hydrogen-bond donors (Lipinski definition) is 2. The van der Waals surface area contributed by atoms with Crippen molar-refractivity contribution in [3.8, 4) is 0 Å². The number of carboxylic acids is 1. The maximum absolute atomic E-state index is 10.8. The molecular formula is C13H18N2O3. The number of nitrogens with zero attached hydrogens (tertiary/aromatic N) is 1. The Balaban J connectivity index is 1.93. The van der Waals surface area contributed by atoms with Crippen LogP contribution >= 0.6 is 0 Å². The molecule has 1 aliphatic rings. The summed E-state index contributed by atoms with van der Waals surface area (Å²) in [5.41, 5.74) is 0.860. The molecule has 1 saturated heterocycles. The van der Waals surface area contributed by atoms with Crippen LogP contribution in [0.4, 0.5) is 5.69 Å². The van der Waals surface area contributed by atoms with Crippen molar-refractivity contribution in [3.05, 3.63) is 24.0 Å². The molecule has 18 heavy (non-hydrogen) atoms. The first kappa shape index (κ1) is 12.8. The SMILES string of the molecule is CCC1OCCC1CNc1ccnc(C(=O)O)c1. The fourth-order valence-electron chi connectivity index (χ4n) is 2.28. The van der Waals surface area contributed by atoms with Crippen molar-refractivity contribution in [2.24, 2.45) is 5.92 Å². The lowest BCUT2D eigenvalue weighted by Gasteiger charge is -2.17. The molecule has 5 heteroatoms. The average Bonchev–Trinajstić information content (AvgIpc) is 2.84. The summed E-state index contributed by atoms with van der Waals surface area (Å²) in [6, 6.07) is 3.34. The van der Waals surface area contributed by atoms with Crippen LogP contribution in [0.25, 0.3) is 0 Å². The second-order valence-corrected chi connectivity index (χ2v) is 4.48. The van der Waals surface area contributed by atoms with E-state index >= 15 is 0 Å². The molecule has 2 heterocycles. The molecule has 0 amide bonds. The fraction of sp³-hybridized carbons (Fsp3) is 0.538. The van der Waals surface area contributed by atoms with Crippen molar-refractivity contribution in [2.75, 3.05) is 18.5 Å². The Kier molecular flexibility index (Phi) is 4.15. The summed E-state index contributed by atoms with van der Waals surface area (Å²) < 4.78 is 5.62. The van der Waals surface area contributed by atoms with E-state index in [-0.39, 0.29) is 5.69 Å². The van der Waals surface area contributed by atoms with E-state index in [1.165, 1.54) is 6.20 Å². The predicted octanol–water partition coefficient (Wildman–Crippen LogP) is 2.01. The van der Waals surface area contributed by atoms with Gasteiger partial charge in [0.05, 0.1) is 6.10 Å². The third kappa shape index (κ3) is 2.98. The van der Waals surface area contributed by atoms with Gasteiger partial charge in [0, 0.05) is 31.0 Å². The number of aromatic carboxylic acids is 1. The summed E-state index contributed by atoms with van der Waals surface area (Å²) in [5, 5.41) is 12.1. The van der Waals surface area contributed by atoms with Gasteiger partial charge >= 0.3 is 5.97 Å². The molecule has 0 spiro atoms. The van der Waals surface area contributed by atoms with Crippen LogP contribution in [-0.4, -0.2) is 35.3 Å². The van der Waals surface area contributed by atoms with Crippen molar-refractivity contribution in [1.82, 2.24) is 4.98 Å². The second kappa shape index (κ2) is 5.82. The van der Waals surface area contributed by atoms with Gasteiger partial charge < -0.3 is 15.2 Å². The van der Waals surface area contributed by atoms with E-state index in [0.717, 1.165) is 31.7 Å². The number of aromatic nitrogens is 1. The van der Waals surface area contributed by atoms with Gasteiger partial charge in [0.15, 0.2) is 0 Å². The first-order valence-corrected chi connectivity index (χ1v) is 6.25. The van der Waals surface area contributed by atoms with Gasteiger partial charge in [0.25, 0.3) is 0 Å². The Labute approximate surface area is 106 Å². The topological polar surface area (TPSA) is 71.5 Å². The van der Waals surface area contributed by atoms with Crippen LogP contribution in [0.5, 0.6) is 0 Å². The predicted molar refractivity (Wildman–Crippen MR) is 67.8 cm³/mol. The number of ether oxygens (including phenoxy) is 1. The van der Waals surface area contributed by atoms with Crippen LogP contribution in [0.1, 0.15) is 30.3 Å². The third-order valence-corrected chi connectivity index (χ3v) is 3.30. The molecule has 0 radical (unpaired) electrons. The normalized spacial score (nSPS) is 22.9. The minimum absolute atomic E-state index is 0.0645. The fourth-order valence-corrected chi connectivity index (χ4v) is 2.28. The van der Waals surface area contributed by atoms with Gasteiger partial charge in [0.2, 0.25) is 0 Å². The highest BCUT2D eigenvalue weighted by Gasteiger charge is 2.26. The zero-order chi connectivity index (χ0) is 13.0. The molecule has 0 aliphatic carbocycles. The monoisotopic (exact) mass is 250 g/mol. The van der Waals surface area contributed by atoms with Crippen LogP contribution < -0.4 is 5.32 Å². The molecule has 2 rings (SSSR count). The largest absolute Gasteiger partial charge is 0.477 e. The van der Waals surface area contributed by atoms with Gasteiger partial charge in [-0.25, -0.2) is 9.78 Å². The third-order valence-electron chi connectivity index (χ3n) is 3.30. The number of hydrogen-bond acceptors (Lipinski definition) is 4. The number of carbonyl (C=O) groups is 1. The van der Waals surface area contributed by atoms with E-state index in [9.17, 15) is 4.79 Å². The lowest BCUT2D eigenvalue weighted by molar-refractivity contribution is 0.0690. The first-order valence-electron chi connectivity index (χ1n) is 6.25. The lowest BCUT2D eigenvalue weighted by atomic mass is 9.99. The summed E-state index contributed by atoms with van der Waals surface area (Å²) >= 11 is 0. The molecule has 2 unspecified atom stereocenters. The highest BCUT2D eigenvalue weighted by Crippen LogP contribution is 2.23. The van der Waals surface area contributed by atoms with Crippen LogP contribution in [0.15, 0.2) is 18.3 Å². The zero-order valence-electron chi connectivity index (χ0n) is 10.4. The average molecular weight is 250 g/mol. The Morgan fingerprint density at radius 2 is 2.50 bits per heavy atom. The van der Waals surface area contributed by atoms with E-state index < -0.39 is 5.97 Å². The van der Waals surface area contributed by atoms with Crippen LogP contribution in [0, 0.1) is 5.92 Å². The zero-order valence-corrected chi connectivity index (χ0v) is 10.4. The number of carboxylic acid groups (broad SMARTS) is 1. The minimum atomic E-state index is -1.01. The minimum Gasteiger partial charge on any atom is -0.477 e. The van der Waals surface area contributed by atoms with Crippen molar-refractivity contribution in [2.45, 2.75) is 25.9 Å². The molecule has 1 aliphatic heterocycles. The number of rotatable bonds is 5. The van der Waals surface area contributed by atoms with Gasteiger partial charge in [-0.15, -0.1) is 0 Å². The number of anilines is 1. The van der Waals surface area contributed by atoms with Crippen molar-refractivity contribution >= 4 is 11.7 Å². The summed E-state index contributed by atoms with van der Waals surface area (Å²) in [7, 11) is 0. The lowest BCUT2D eigenvalue weighted by Crippen LogP contribution is -2.22. The Hall–Kier alpha value is -1.62. The molecular weight excluding hydrogens is 232 g/mol. The highest BCUT2D eigenvalue weighted by atomic mass is 16.5. The number of pyridine rings is 1. The molecule has 5 nitrogen and oxygen atoms in total. The first-order chi connectivity index (χ1) is 8.70. The second-order valence-electron chi connectivity index (χ2n) is 4.48. The van der Waals surface area contributed by atoms with E-state index in [2.05, 4.69) is 17.2 Å². The molecule has 0 bridgehead atoms. The highest BCUT2D eigenvalue weighted by molar-refractivity contribution is 5.86. The van der Waals surface area contributed by atoms with Crippen molar-refractivity contribution in [1.29, 1.82) is 0 Å². The Morgan fingerprint density at radius 1 is 1.67 bits per heavy atom. The van der Waals surface area contributed by atoms with Crippen molar-refractivity contribution < 1.29 is 14.6 Å². The van der Waals surface area contributed by atoms with Crippen LogP contribution in [-0.2, 0) is 4.74 Å². The van der Waals surface area contributed by atoms with E-state index in [4.69, 9.17) is 9.84 Å². The van der Waals surface area contributed by atoms with E-state index in [1.807, 2.05) is 0 Å². The quantitative estimate of drug-likeness (QED) is 0.836. The van der Waals surface area contributed by atoms with Gasteiger partial charge in [-0.3, -0.25) is 0 Å². The van der Waals surface area contributed by atoms with Gasteiger partial charge in [-0.2, -0.15) is 0 Å². The summed E-state index contributed by atoms with van der Waals surface area (Å²) in [5.74, 6) is -0.509. The van der Waals surface area contributed by atoms with E-state index in [0.29, 0.717) is 12.0 Å². The van der Waals surface area contributed by atoms with Crippen LogP contribution in [0.3, 0.4) is 0 Å². The molecule has 1 aromatic heterocycles. The Bertz CT molecular complexity index is 422. The van der Waals surface area contributed by atoms with E-state index in [1.54, 1.807) is 12.1 Å². The molecule has 2 atom stereocenters. The molecule has 0 saturated carbocycles. The Morgan fingerprint density at radius 3 is 3.22 bits per heavy atom. The molecule has 0 aromatic carbocycles. The van der Waals surface area contributed by atoms with Gasteiger partial charge in [0.1, 0.15) is 5.69 Å². The van der Waals surface area contributed by atoms with Crippen LogP contribution in [0.2, 0.25) is 0 Å².